The van der Waals surface area contributed by atoms with Gasteiger partial charge >= 0.3 is 0 Å². The molecule has 1 amide bonds. The van der Waals surface area contributed by atoms with Gasteiger partial charge in [0.2, 0.25) is 5.91 Å². The number of amides is 1. The van der Waals surface area contributed by atoms with Gasteiger partial charge in [-0.15, -0.1) is 0 Å². The van der Waals surface area contributed by atoms with Gasteiger partial charge in [-0.1, -0.05) is 249 Å². The Bertz CT molecular complexity index is 836. The summed E-state index contributed by atoms with van der Waals surface area (Å²) in [6.45, 7) is 4.31. The van der Waals surface area contributed by atoms with Crippen LogP contribution in [0.25, 0.3) is 0 Å². The Kier molecular flexibility index (Phi) is 45.8. The summed E-state index contributed by atoms with van der Waals surface area (Å²) < 4.78 is 0. The molecule has 55 heavy (non-hydrogen) atoms. The predicted molar refractivity (Wildman–Crippen MR) is 244 cm³/mol. The van der Waals surface area contributed by atoms with Gasteiger partial charge in [0.15, 0.2) is 0 Å². The molecule has 0 aromatic carbocycles. The van der Waals surface area contributed by atoms with Gasteiger partial charge in [0.05, 0.1) is 18.8 Å². The number of aliphatic hydroxyl groups excluding tert-OH is 2. The van der Waals surface area contributed by atoms with Crippen molar-refractivity contribution in [2.24, 2.45) is 0 Å². The smallest absolute Gasteiger partial charge is 0.220 e. The third kappa shape index (κ3) is 43.6. The quantitative estimate of drug-likeness (QED) is 0.0426. The van der Waals surface area contributed by atoms with Crippen LogP contribution in [0.15, 0.2) is 36.5 Å². The summed E-state index contributed by atoms with van der Waals surface area (Å²) in [5, 5.41) is 23.0. The molecule has 0 aromatic heterocycles. The minimum Gasteiger partial charge on any atom is -0.394 e. The van der Waals surface area contributed by atoms with Gasteiger partial charge in [0, 0.05) is 6.42 Å². The van der Waals surface area contributed by atoms with Crippen molar-refractivity contribution >= 4 is 5.91 Å². The molecule has 0 heterocycles. The lowest BCUT2D eigenvalue weighted by Crippen LogP contribution is -2.45. The number of aliphatic hydroxyl groups is 2. The van der Waals surface area contributed by atoms with Crippen molar-refractivity contribution in [2.45, 2.75) is 276 Å². The minimum absolute atomic E-state index is 0.0754. The summed E-state index contributed by atoms with van der Waals surface area (Å²) in [4.78, 5) is 12.4. The highest BCUT2D eigenvalue weighted by atomic mass is 16.3. The summed E-state index contributed by atoms with van der Waals surface area (Å²) in [5.74, 6) is -0.0754. The fraction of sp³-hybridized carbons (Fsp3) is 0.863. The van der Waals surface area contributed by atoms with Gasteiger partial charge in [-0.25, -0.2) is 0 Å². The van der Waals surface area contributed by atoms with Gasteiger partial charge in [0.25, 0.3) is 0 Å². The largest absolute Gasteiger partial charge is 0.394 e. The Morgan fingerprint density at radius 1 is 0.418 bits per heavy atom. The van der Waals surface area contributed by atoms with E-state index in [1.807, 2.05) is 6.08 Å². The Hall–Kier alpha value is -1.39. The van der Waals surface area contributed by atoms with Crippen LogP contribution in [0, 0.1) is 0 Å². The highest BCUT2D eigenvalue weighted by Gasteiger charge is 2.17. The van der Waals surface area contributed by atoms with E-state index in [0.29, 0.717) is 6.42 Å². The molecule has 0 fully saturated rings. The van der Waals surface area contributed by atoms with Crippen LogP contribution in [0.1, 0.15) is 264 Å². The number of hydrogen-bond acceptors (Lipinski definition) is 3. The maximum Gasteiger partial charge on any atom is 0.220 e. The highest BCUT2D eigenvalue weighted by Crippen LogP contribution is 2.16. The van der Waals surface area contributed by atoms with Crippen LogP contribution in [-0.2, 0) is 4.79 Å². The number of hydrogen-bond donors (Lipinski definition) is 3. The lowest BCUT2D eigenvalue weighted by molar-refractivity contribution is -0.123. The molecule has 2 atom stereocenters. The van der Waals surface area contributed by atoms with Crippen LogP contribution < -0.4 is 5.32 Å². The van der Waals surface area contributed by atoms with E-state index in [4.69, 9.17) is 0 Å². The molecule has 0 bridgehead atoms. The molecule has 0 aliphatic rings. The number of carbonyl (C=O) groups is 1. The molecule has 324 valence electrons. The second-order valence-corrected chi connectivity index (χ2v) is 16.9. The number of nitrogens with one attached hydrogen (secondary N) is 1. The first kappa shape index (κ1) is 53.6. The van der Waals surface area contributed by atoms with Gasteiger partial charge in [0.1, 0.15) is 0 Å². The molecule has 0 aliphatic carbocycles. The van der Waals surface area contributed by atoms with Crippen LogP contribution in [-0.4, -0.2) is 34.9 Å². The first-order valence-corrected chi connectivity index (χ1v) is 24.7. The molecular formula is C51H97NO3. The molecule has 0 saturated heterocycles. The van der Waals surface area contributed by atoms with Gasteiger partial charge in [-0.2, -0.15) is 0 Å². The Balaban J connectivity index is 3.56. The molecule has 0 saturated carbocycles. The van der Waals surface area contributed by atoms with Crippen LogP contribution in [0.4, 0.5) is 0 Å². The molecular weight excluding hydrogens is 675 g/mol. The maximum atomic E-state index is 12.4. The number of unbranched alkanes of at least 4 members (excludes halogenated alkanes) is 34. The molecule has 4 nitrogen and oxygen atoms in total. The summed E-state index contributed by atoms with van der Waals surface area (Å²) >= 11 is 0. The molecule has 3 N–H and O–H groups in total. The van der Waals surface area contributed by atoms with E-state index in [0.717, 1.165) is 38.5 Å². The zero-order valence-electron chi connectivity index (χ0n) is 37.2. The molecule has 0 radical (unpaired) electrons. The summed E-state index contributed by atoms with van der Waals surface area (Å²) in [6.07, 6.45) is 62.8. The Labute approximate surface area is 344 Å². The molecule has 0 aliphatic heterocycles. The van der Waals surface area contributed by atoms with E-state index in [-0.39, 0.29) is 12.5 Å². The van der Waals surface area contributed by atoms with E-state index < -0.39 is 12.1 Å². The number of carbonyl (C=O) groups excluding carboxylic acids is 1. The first-order chi connectivity index (χ1) is 27.2. The zero-order valence-corrected chi connectivity index (χ0v) is 37.2. The second kappa shape index (κ2) is 47.0. The molecule has 0 rings (SSSR count). The normalized spacial score (nSPS) is 13.2. The number of rotatable bonds is 45. The van der Waals surface area contributed by atoms with Crippen molar-refractivity contribution in [1.29, 1.82) is 0 Å². The molecule has 4 heteroatoms. The van der Waals surface area contributed by atoms with Crippen molar-refractivity contribution in [3.63, 3.8) is 0 Å². The van der Waals surface area contributed by atoms with Crippen LogP contribution in [0.2, 0.25) is 0 Å². The third-order valence-corrected chi connectivity index (χ3v) is 11.4. The third-order valence-electron chi connectivity index (χ3n) is 11.4. The fourth-order valence-corrected chi connectivity index (χ4v) is 7.56. The predicted octanol–water partition coefficient (Wildman–Crippen LogP) is 15.7. The lowest BCUT2D eigenvalue weighted by atomic mass is 10.0. The summed E-state index contributed by atoms with van der Waals surface area (Å²) in [7, 11) is 0. The van der Waals surface area contributed by atoms with E-state index in [2.05, 4.69) is 43.5 Å². The molecule has 0 aromatic rings. The Morgan fingerprint density at radius 2 is 0.709 bits per heavy atom. The lowest BCUT2D eigenvalue weighted by Gasteiger charge is -2.19. The van der Waals surface area contributed by atoms with E-state index in [1.54, 1.807) is 6.08 Å². The Morgan fingerprint density at radius 3 is 1.05 bits per heavy atom. The maximum absolute atomic E-state index is 12.4. The summed E-state index contributed by atoms with van der Waals surface area (Å²) in [6, 6.07) is -0.642. The van der Waals surface area contributed by atoms with Crippen molar-refractivity contribution in [2.75, 3.05) is 6.61 Å². The van der Waals surface area contributed by atoms with E-state index in [9.17, 15) is 15.0 Å². The van der Waals surface area contributed by atoms with Gasteiger partial charge in [-0.3, -0.25) is 4.79 Å². The minimum atomic E-state index is -0.867. The molecule has 2 unspecified atom stereocenters. The van der Waals surface area contributed by atoms with Crippen molar-refractivity contribution in [1.82, 2.24) is 5.32 Å². The second-order valence-electron chi connectivity index (χ2n) is 16.9. The average molecular weight is 772 g/mol. The number of allylic oxidation sites excluding steroid dienone is 5. The monoisotopic (exact) mass is 772 g/mol. The highest BCUT2D eigenvalue weighted by molar-refractivity contribution is 5.76. The van der Waals surface area contributed by atoms with Gasteiger partial charge < -0.3 is 15.5 Å². The van der Waals surface area contributed by atoms with Crippen molar-refractivity contribution in [3.05, 3.63) is 36.5 Å². The van der Waals surface area contributed by atoms with Crippen LogP contribution in [0.5, 0.6) is 0 Å². The van der Waals surface area contributed by atoms with E-state index in [1.165, 1.54) is 205 Å². The standard InChI is InChI=1S/C51H97NO3/c1-3-5-7-9-11-13-15-17-19-20-21-22-23-24-25-26-27-28-29-30-31-33-34-36-38-40-42-44-46-50(54)49(48-53)52-51(55)47-45-43-41-39-37-35-32-18-16-14-12-10-8-6-4-2/h30-31,36,38,44,46,49-50,53-54H,3-29,32-35,37,39-43,45,47-48H2,1-2H3,(H,52,55)/b31-30+,38-36+,46-44+. The van der Waals surface area contributed by atoms with Gasteiger partial charge in [-0.05, 0) is 44.9 Å². The average Bonchev–Trinajstić information content (AvgIpc) is 3.19. The first-order valence-electron chi connectivity index (χ1n) is 24.7. The van der Waals surface area contributed by atoms with Crippen molar-refractivity contribution in [3.8, 4) is 0 Å². The van der Waals surface area contributed by atoms with Crippen LogP contribution in [0.3, 0.4) is 0 Å². The van der Waals surface area contributed by atoms with E-state index >= 15 is 0 Å². The topological polar surface area (TPSA) is 69.6 Å². The molecule has 0 spiro atoms. The van der Waals surface area contributed by atoms with Crippen LogP contribution >= 0.6 is 0 Å². The zero-order chi connectivity index (χ0) is 40.0. The SMILES string of the molecule is CCCCCCCCCCCCCCCCCCCC/C=C/CC/C=C/CC/C=C/C(O)C(CO)NC(=O)CCCCCCCCCCCCCCCCC. The summed E-state index contributed by atoms with van der Waals surface area (Å²) in [5.41, 5.74) is 0. The fourth-order valence-electron chi connectivity index (χ4n) is 7.56. The van der Waals surface area contributed by atoms with Crippen molar-refractivity contribution < 1.29 is 15.0 Å².